The van der Waals surface area contributed by atoms with Gasteiger partial charge in [-0.2, -0.15) is 11.1 Å². The van der Waals surface area contributed by atoms with Gasteiger partial charge in [-0.15, -0.1) is 13.0 Å². The van der Waals surface area contributed by atoms with E-state index in [0.29, 0.717) is 5.92 Å². The van der Waals surface area contributed by atoms with Crippen LogP contribution < -0.4 is 5.19 Å². The van der Waals surface area contributed by atoms with Gasteiger partial charge in [-0.25, -0.2) is 5.57 Å². The van der Waals surface area contributed by atoms with Gasteiger partial charge in [0.2, 0.25) is 0 Å². The maximum Gasteiger partial charge on any atom is 2.00 e. The molecular formula is C20H30NSiTi. The van der Waals surface area contributed by atoms with Gasteiger partial charge in [-0.05, 0) is 6.92 Å². The summed E-state index contributed by atoms with van der Waals surface area (Å²) in [6, 6.07) is 8.28. The van der Waals surface area contributed by atoms with E-state index in [2.05, 4.69) is 57.0 Å². The third kappa shape index (κ3) is 10.1. The first-order valence-corrected chi connectivity index (χ1v) is 8.46. The molecule has 0 saturated carbocycles. The minimum absolute atomic E-state index is 0. The van der Waals surface area contributed by atoms with Crippen molar-refractivity contribution in [3.05, 3.63) is 58.4 Å². The molecule has 2 rings (SSSR count). The molecular weight excluding hydrogens is 330 g/mol. The van der Waals surface area contributed by atoms with E-state index in [1.54, 1.807) is 0 Å². The Hall–Kier alpha value is -0.409. The minimum atomic E-state index is 0. The Kier molecular flexibility index (Phi) is 14.0. The third-order valence-electron chi connectivity index (χ3n) is 3.99. The zero-order valence-corrected chi connectivity index (χ0v) is 18.2. The molecule has 0 aromatic heterocycles. The van der Waals surface area contributed by atoms with Gasteiger partial charge in [0.05, 0.1) is 10.2 Å². The SMILES string of the molecule is CC1=[C-]C(C)C(C)=C1C.CCC(C)[NH-].Cc1ccccc1[Si].[Ti+2]. The van der Waals surface area contributed by atoms with Crippen molar-refractivity contribution < 1.29 is 21.7 Å². The van der Waals surface area contributed by atoms with Gasteiger partial charge in [0.15, 0.2) is 0 Å². The molecule has 23 heavy (non-hydrogen) atoms. The molecule has 1 aliphatic rings. The van der Waals surface area contributed by atoms with Crippen molar-refractivity contribution in [1.29, 1.82) is 0 Å². The van der Waals surface area contributed by atoms with E-state index >= 15 is 0 Å². The van der Waals surface area contributed by atoms with Gasteiger partial charge in [-0.3, -0.25) is 6.08 Å². The molecule has 2 atom stereocenters. The van der Waals surface area contributed by atoms with Gasteiger partial charge in [0, 0.05) is 0 Å². The van der Waals surface area contributed by atoms with Gasteiger partial charge in [0.25, 0.3) is 0 Å². The quantitative estimate of drug-likeness (QED) is 0.476. The van der Waals surface area contributed by atoms with E-state index in [-0.39, 0.29) is 27.8 Å². The van der Waals surface area contributed by atoms with Crippen LogP contribution in [-0.2, 0) is 21.7 Å². The van der Waals surface area contributed by atoms with Crippen molar-refractivity contribution in [2.24, 2.45) is 5.92 Å². The number of benzene rings is 1. The largest absolute Gasteiger partial charge is 2.00 e. The van der Waals surface area contributed by atoms with Crippen LogP contribution in [0.1, 0.15) is 53.5 Å². The van der Waals surface area contributed by atoms with Crippen molar-refractivity contribution in [2.45, 2.75) is 60.9 Å². The maximum absolute atomic E-state index is 6.83. The second-order valence-electron chi connectivity index (χ2n) is 5.92. The van der Waals surface area contributed by atoms with Gasteiger partial charge in [0.1, 0.15) is 0 Å². The Balaban J connectivity index is 0. The molecule has 2 unspecified atom stereocenters. The van der Waals surface area contributed by atoms with Crippen LogP contribution in [0.25, 0.3) is 5.73 Å². The molecule has 0 heterocycles. The van der Waals surface area contributed by atoms with E-state index in [9.17, 15) is 0 Å². The summed E-state index contributed by atoms with van der Waals surface area (Å²) in [5.41, 5.74) is 12.4. The molecule has 1 aromatic carbocycles. The predicted octanol–water partition coefficient (Wildman–Crippen LogP) is 5.35. The van der Waals surface area contributed by atoms with Crippen LogP contribution in [0.15, 0.2) is 41.0 Å². The van der Waals surface area contributed by atoms with Crippen LogP contribution in [0.4, 0.5) is 0 Å². The van der Waals surface area contributed by atoms with Crippen LogP contribution in [0.2, 0.25) is 0 Å². The fraction of sp³-hybridized carbons (Fsp3) is 0.500. The Morgan fingerprint density at radius 3 is 1.83 bits per heavy atom. The molecule has 0 saturated heterocycles. The smallest absolute Gasteiger partial charge is 0.675 e. The zero-order chi connectivity index (χ0) is 17.3. The molecule has 0 aliphatic heterocycles. The average molecular weight is 360 g/mol. The van der Waals surface area contributed by atoms with E-state index in [1.807, 2.05) is 32.0 Å². The summed E-state index contributed by atoms with van der Waals surface area (Å²) < 4.78 is 0. The molecule has 0 fully saturated rings. The maximum atomic E-state index is 6.83. The Bertz CT molecular complexity index is 497. The molecule has 0 spiro atoms. The van der Waals surface area contributed by atoms with Gasteiger partial charge < -0.3 is 5.73 Å². The number of hydrogen-bond donors (Lipinski definition) is 0. The van der Waals surface area contributed by atoms with E-state index in [1.165, 1.54) is 27.5 Å². The fourth-order valence-electron chi connectivity index (χ4n) is 1.73. The second-order valence-corrected chi connectivity index (χ2v) is 6.46. The van der Waals surface area contributed by atoms with Crippen LogP contribution in [0, 0.1) is 18.9 Å². The number of rotatable bonds is 1. The predicted molar refractivity (Wildman–Crippen MR) is 101 cm³/mol. The summed E-state index contributed by atoms with van der Waals surface area (Å²) in [6.07, 6.45) is 4.33. The minimum Gasteiger partial charge on any atom is -0.675 e. The summed E-state index contributed by atoms with van der Waals surface area (Å²) in [4.78, 5) is 0. The first-order valence-electron chi connectivity index (χ1n) is 7.96. The van der Waals surface area contributed by atoms with Crippen LogP contribution in [-0.4, -0.2) is 16.3 Å². The normalized spacial score (nSPS) is 17.1. The van der Waals surface area contributed by atoms with E-state index < -0.39 is 0 Å². The number of allylic oxidation sites excluding steroid dienone is 4. The Morgan fingerprint density at radius 1 is 1.17 bits per heavy atom. The Morgan fingerprint density at radius 2 is 1.65 bits per heavy atom. The molecule has 0 amide bonds. The molecule has 0 bridgehead atoms. The molecule has 1 N–H and O–H groups in total. The van der Waals surface area contributed by atoms with Crippen molar-refractivity contribution in [3.63, 3.8) is 0 Å². The fourth-order valence-corrected chi connectivity index (χ4v) is 1.91. The van der Waals surface area contributed by atoms with Crippen molar-refractivity contribution >= 4 is 15.4 Å². The first kappa shape index (κ1) is 24.8. The molecule has 1 aromatic rings. The number of aryl methyl sites for hydroxylation is 1. The van der Waals surface area contributed by atoms with Crippen LogP contribution in [0.5, 0.6) is 0 Å². The Labute approximate surface area is 162 Å². The summed E-state index contributed by atoms with van der Waals surface area (Å²) in [5, 5.41) is 1.17. The molecule has 3 radical (unpaired) electrons. The van der Waals surface area contributed by atoms with Crippen molar-refractivity contribution in [1.82, 2.24) is 0 Å². The topological polar surface area (TPSA) is 23.8 Å². The summed E-state index contributed by atoms with van der Waals surface area (Å²) in [5.74, 6) is 0.560. The zero-order valence-electron chi connectivity index (χ0n) is 15.7. The second kappa shape index (κ2) is 12.9. The monoisotopic (exact) mass is 360 g/mol. The standard InChI is InChI=1S/C9H13.C7H7Si.C4H10N.Ti/c1-6-5-7(2)9(4)8(6)3;1-6-4-2-3-5-7(6)8;1-3-4(2)5;/h6H,1-4H3;2-5H,1H3;4-5H,3H2,1-2H3;/q-1;;-1;+2. The molecule has 123 valence electrons. The van der Waals surface area contributed by atoms with Crippen molar-refractivity contribution in [2.75, 3.05) is 0 Å². The average Bonchev–Trinajstić information content (AvgIpc) is 2.70. The number of nitrogens with one attached hydrogen (secondary N) is 1. The van der Waals surface area contributed by atoms with Crippen LogP contribution in [0.3, 0.4) is 0 Å². The van der Waals surface area contributed by atoms with E-state index in [4.69, 9.17) is 5.73 Å². The molecule has 1 aliphatic carbocycles. The van der Waals surface area contributed by atoms with Crippen LogP contribution >= 0.6 is 0 Å². The molecule has 3 heteroatoms. The van der Waals surface area contributed by atoms with Crippen molar-refractivity contribution in [3.8, 4) is 0 Å². The number of hydrogen-bond acceptors (Lipinski definition) is 0. The van der Waals surface area contributed by atoms with E-state index in [0.717, 1.165) is 6.42 Å². The molecule has 1 nitrogen and oxygen atoms in total. The first-order chi connectivity index (χ1) is 10.2. The van der Waals surface area contributed by atoms with Gasteiger partial charge >= 0.3 is 21.7 Å². The summed E-state index contributed by atoms with van der Waals surface area (Å²) in [7, 11) is 3.44. The summed E-state index contributed by atoms with van der Waals surface area (Å²) >= 11 is 0. The third-order valence-corrected chi connectivity index (χ3v) is 4.55. The van der Waals surface area contributed by atoms with Gasteiger partial charge in [-0.1, -0.05) is 82.0 Å². The summed E-state index contributed by atoms with van der Waals surface area (Å²) in [6.45, 7) is 14.6.